The normalized spacial score (nSPS) is 10.8. The van der Waals surface area contributed by atoms with Crippen molar-refractivity contribution in [2.45, 2.75) is 13.8 Å². The molecule has 0 atom stereocenters. The Bertz CT molecular complexity index is 874. The minimum atomic E-state index is -0.173. The summed E-state index contributed by atoms with van der Waals surface area (Å²) in [6.45, 7) is 4.05. The predicted molar refractivity (Wildman–Crippen MR) is 88.5 cm³/mol. The molecule has 3 rings (SSSR count). The monoisotopic (exact) mass is 310 g/mol. The average Bonchev–Trinajstić information content (AvgIpc) is 2.96. The van der Waals surface area contributed by atoms with Gasteiger partial charge in [0.25, 0.3) is 5.91 Å². The van der Waals surface area contributed by atoms with E-state index in [4.69, 9.17) is 9.47 Å². The van der Waals surface area contributed by atoms with E-state index in [0.717, 1.165) is 22.2 Å². The van der Waals surface area contributed by atoms with Gasteiger partial charge in [-0.2, -0.15) is 0 Å². The van der Waals surface area contributed by atoms with Crippen LogP contribution in [0.4, 0.5) is 0 Å². The molecule has 2 aromatic carbocycles. The molecule has 0 saturated heterocycles. The lowest BCUT2D eigenvalue weighted by Crippen LogP contribution is -2.11. The van der Waals surface area contributed by atoms with Gasteiger partial charge in [-0.1, -0.05) is 0 Å². The van der Waals surface area contributed by atoms with Crippen molar-refractivity contribution in [2.75, 3.05) is 14.2 Å². The minimum Gasteiger partial charge on any atom is -0.497 e. The summed E-state index contributed by atoms with van der Waals surface area (Å²) in [4.78, 5) is 17.2. The van der Waals surface area contributed by atoms with E-state index in [1.54, 1.807) is 43.3 Å². The number of hydrogen-bond acceptors (Lipinski definition) is 4. The van der Waals surface area contributed by atoms with Gasteiger partial charge in [0.2, 0.25) is 0 Å². The molecule has 0 fully saturated rings. The fourth-order valence-corrected chi connectivity index (χ4v) is 2.50. The lowest BCUT2D eigenvalue weighted by atomic mass is 10.1. The zero-order valence-electron chi connectivity index (χ0n) is 13.6. The van der Waals surface area contributed by atoms with Gasteiger partial charge in [0.1, 0.15) is 17.8 Å². The van der Waals surface area contributed by atoms with Gasteiger partial charge in [0.05, 0.1) is 25.3 Å². The molecule has 3 aromatic rings. The molecule has 118 valence electrons. The molecule has 0 aliphatic carbocycles. The van der Waals surface area contributed by atoms with Gasteiger partial charge in [-0.25, -0.2) is 4.98 Å². The summed E-state index contributed by atoms with van der Waals surface area (Å²) in [5, 5.41) is 0. The molecule has 0 bridgehead atoms. The Kier molecular flexibility index (Phi) is 3.78. The largest absolute Gasteiger partial charge is 0.497 e. The highest BCUT2D eigenvalue weighted by Crippen LogP contribution is 2.25. The Hall–Kier alpha value is -2.82. The molecule has 0 spiro atoms. The molecule has 0 unspecified atom stereocenters. The van der Waals surface area contributed by atoms with Gasteiger partial charge < -0.3 is 9.47 Å². The summed E-state index contributed by atoms with van der Waals surface area (Å²) in [6.07, 6.45) is 1.55. The van der Waals surface area contributed by atoms with E-state index < -0.39 is 0 Å². The number of hydrogen-bond donors (Lipinski definition) is 0. The highest BCUT2D eigenvalue weighted by molar-refractivity contribution is 6.01. The number of carbonyl (C=O) groups excluding carboxylic acids is 1. The quantitative estimate of drug-likeness (QED) is 0.744. The third-order valence-corrected chi connectivity index (χ3v) is 3.98. The van der Waals surface area contributed by atoms with Crippen LogP contribution in [0.25, 0.3) is 11.0 Å². The Morgan fingerprint density at radius 3 is 2.17 bits per heavy atom. The van der Waals surface area contributed by atoms with Crippen molar-refractivity contribution >= 4 is 16.9 Å². The molecule has 5 heteroatoms. The van der Waals surface area contributed by atoms with Crippen molar-refractivity contribution in [3.8, 4) is 11.5 Å². The first-order valence-electron chi connectivity index (χ1n) is 7.25. The van der Waals surface area contributed by atoms with Crippen molar-refractivity contribution in [1.82, 2.24) is 9.55 Å². The average molecular weight is 310 g/mol. The minimum absolute atomic E-state index is 0.173. The van der Waals surface area contributed by atoms with Crippen LogP contribution in [0.3, 0.4) is 0 Å². The van der Waals surface area contributed by atoms with Crippen molar-refractivity contribution in [1.29, 1.82) is 0 Å². The molecule has 0 amide bonds. The summed E-state index contributed by atoms with van der Waals surface area (Å²) < 4.78 is 12.0. The second-order valence-electron chi connectivity index (χ2n) is 5.45. The number of aryl methyl sites for hydroxylation is 2. The molecular formula is C18H18N2O3. The molecule has 1 heterocycles. The standard InChI is InChI=1S/C18H18N2O3/c1-11-5-16-17(6-12(11)2)20(10-19-16)18(21)13-7-14(22-3)9-15(8-13)23-4/h5-10H,1-4H3. The molecule has 23 heavy (non-hydrogen) atoms. The number of imidazole rings is 1. The van der Waals surface area contributed by atoms with E-state index in [1.165, 1.54) is 0 Å². The Labute approximate surface area is 134 Å². The second-order valence-corrected chi connectivity index (χ2v) is 5.45. The van der Waals surface area contributed by atoms with Crippen LogP contribution in [-0.4, -0.2) is 29.7 Å². The van der Waals surface area contributed by atoms with E-state index in [1.807, 2.05) is 26.0 Å². The molecule has 5 nitrogen and oxygen atoms in total. The van der Waals surface area contributed by atoms with Crippen LogP contribution < -0.4 is 9.47 Å². The van der Waals surface area contributed by atoms with E-state index in [0.29, 0.717) is 17.1 Å². The number of fused-ring (bicyclic) bond motifs is 1. The first kappa shape index (κ1) is 15.1. The summed E-state index contributed by atoms with van der Waals surface area (Å²) >= 11 is 0. The highest BCUT2D eigenvalue weighted by atomic mass is 16.5. The van der Waals surface area contributed by atoms with Gasteiger partial charge in [0, 0.05) is 11.6 Å². The first-order valence-corrected chi connectivity index (χ1v) is 7.25. The van der Waals surface area contributed by atoms with Gasteiger partial charge in [0.15, 0.2) is 0 Å². The lowest BCUT2D eigenvalue weighted by Gasteiger charge is -2.09. The Balaban J connectivity index is 2.12. The number of methoxy groups -OCH3 is 2. The molecule has 0 aliphatic rings. The number of ether oxygens (including phenoxy) is 2. The maximum Gasteiger partial charge on any atom is 0.263 e. The zero-order chi connectivity index (χ0) is 16.6. The van der Waals surface area contributed by atoms with Gasteiger partial charge in [-0.15, -0.1) is 0 Å². The number of benzene rings is 2. The van der Waals surface area contributed by atoms with Crippen molar-refractivity contribution in [3.63, 3.8) is 0 Å². The molecule has 0 radical (unpaired) electrons. The number of carbonyl (C=O) groups is 1. The van der Waals surface area contributed by atoms with Crippen LogP contribution in [0.2, 0.25) is 0 Å². The van der Waals surface area contributed by atoms with Crippen LogP contribution in [-0.2, 0) is 0 Å². The highest BCUT2D eigenvalue weighted by Gasteiger charge is 2.15. The zero-order valence-corrected chi connectivity index (χ0v) is 13.6. The van der Waals surface area contributed by atoms with E-state index >= 15 is 0 Å². The third kappa shape index (κ3) is 2.65. The molecule has 1 aromatic heterocycles. The van der Waals surface area contributed by atoms with E-state index in [-0.39, 0.29) is 5.91 Å². The Morgan fingerprint density at radius 2 is 1.57 bits per heavy atom. The SMILES string of the molecule is COc1cc(OC)cc(C(=O)n2cnc3cc(C)c(C)cc32)c1. The number of rotatable bonds is 3. The van der Waals surface area contributed by atoms with Crippen LogP contribution >= 0.6 is 0 Å². The molecule has 0 saturated carbocycles. The molecule has 0 aliphatic heterocycles. The number of aromatic nitrogens is 2. The fraction of sp³-hybridized carbons (Fsp3) is 0.222. The van der Waals surface area contributed by atoms with Crippen molar-refractivity contribution < 1.29 is 14.3 Å². The summed E-state index contributed by atoms with van der Waals surface area (Å²) in [6, 6.07) is 9.08. The van der Waals surface area contributed by atoms with Crippen LogP contribution in [0.1, 0.15) is 21.5 Å². The number of nitrogens with zero attached hydrogens (tertiary/aromatic N) is 2. The summed E-state index contributed by atoms with van der Waals surface area (Å²) in [7, 11) is 3.11. The van der Waals surface area contributed by atoms with Gasteiger partial charge in [-0.3, -0.25) is 9.36 Å². The lowest BCUT2D eigenvalue weighted by molar-refractivity contribution is 0.0963. The molecular weight excluding hydrogens is 292 g/mol. The summed E-state index contributed by atoms with van der Waals surface area (Å²) in [5.41, 5.74) is 4.35. The van der Waals surface area contributed by atoms with E-state index in [9.17, 15) is 4.79 Å². The Morgan fingerprint density at radius 1 is 0.957 bits per heavy atom. The van der Waals surface area contributed by atoms with Crippen molar-refractivity contribution in [2.24, 2.45) is 0 Å². The topological polar surface area (TPSA) is 53.4 Å². The van der Waals surface area contributed by atoms with Crippen LogP contribution in [0.5, 0.6) is 11.5 Å². The maximum atomic E-state index is 12.9. The maximum absolute atomic E-state index is 12.9. The van der Waals surface area contributed by atoms with E-state index in [2.05, 4.69) is 4.98 Å². The third-order valence-electron chi connectivity index (χ3n) is 3.98. The van der Waals surface area contributed by atoms with Gasteiger partial charge >= 0.3 is 0 Å². The van der Waals surface area contributed by atoms with Crippen LogP contribution in [0.15, 0.2) is 36.7 Å². The van der Waals surface area contributed by atoms with Crippen LogP contribution in [0, 0.1) is 13.8 Å². The first-order chi connectivity index (χ1) is 11.0. The van der Waals surface area contributed by atoms with Crippen molar-refractivity contribution in [3.05, 3.63) is 53.3 Å². The smallest absolute Gasteiger partial charge is 0.263 e. The second kappa shape index (κ2) is 5.76. The molecule has 0 N–H and O–H groups in total. The fourth-order valence-electron chi connectivity index (χ4n) is 2.50. The summed E-state index contributed by atoms with van der Waals surface area (Å²) in [5.74, 6) is 0.973. The predicted octanol–water partition coefficient (Wildman–Crippen LogP) is 3.36. The van der Waals surface area contributed by atoms with Gasteiger partial charge in [-0.05, 0) is 49.2 Å².